The van der Waals surface area contributed by atoms with Crippen molar-refractivity contribution in [3.8, 4) is 0 Å². The summed E-state index contributed by atoms with van der Waals surface area (Å²) in [5, 5.41) is 23.9. The number of rotatable bonds is 10. The molecule has 44 heavy (non-hydrogen) atoms. The smallest absolute Gasteiger partial charge is 0.338 e. The molecule has 0 aliphatic rings. The second-order valence-corrected chi connectivity index (χ2v) is 10.2. The number of fused-ring (bicyclic) bond motifs is 2. The highest BCUT2D eigenvalue weighted by Crippen LogP contribution is 2.18. The molecular formula is C32H29N3O9. The average molecular weight is 600 g/mol. The van der Waals surface area contributed by atoms with Gasteiger partial charge in [0.05, 0.1) is 30.8 Å². The van der Waals surface area contributed by atoms with E-state index in [0.29, 0.717) is 13.7 Å². The number of esters is 2. The van der Waals surface area contributed by atoms with Gasteiger partial charge < -0.3 is 19.7 Å². The predicted octanol–water partition coefficient (Wildman–Crippen LogP) is 1.45. The molecule has 0 radical (unpaired) electrons. The van der Waals surface area contributed by atoms with E-state index in [1.807, 2.05) is 48.5 Å². The lowest BCUT2D eigenvalue weighted by Crippen LogP contribution is -2.56. The molecule has 1 aromatic heterocycles. The Kier molecular flexibility index (Phi) is 8.83. The summed E-state index contributed by atoms with van der Waals surface area (Å²) in [5.41, 5.74) is -2.66. The van der Waals surface area contributed by atoms with Crippen LogP contribution in [0, 0.1) is 0 Å². The molecule has 0 aliphatic heterocycles. The largest absolute Gasteiger partial charge is 0.459 e. The van der Waals surface area contributed by atoms with Gasteiger partial charge in [0, 0.05) is 7.05 Å². The van der Waals surface area contributed by atoms with Crippen molar-refractivity contribution in [3.63, 3.8) is 0 Å². The summed E-state index contributed by atoms with van der Waals surface area (Å²) in [6.07, 6.45) is -2.78. The number of ether oxygens (including phenoxy) is 2. The van der Waals surface area contributed by atoms with E-state index in [4.69, 9.17) is 9.47 Å². The number of carbonyl (C=O) groups excluding carboxylic acids is 2. The van der Waals surface area contributed by atoms with Crippen molar-refractivity contribution in [2.75, 3.05) is 13.2 Å². The molecule has 0 fully saturated rings. The summed E-state index contributed by atoms with van der Waals surface area (Å²) in [6.45, 7) is -2.42. The third-order valence-corrected chi connectivity index (χ3v) is 7.13. The van der Waals surface area contributed by atoms with E-state index >= 15 is 0 Å². The van der Waals surface area contributed by atoms with Gasteiger partial charge in [-0.25, -0.2) is 37.7 Å². The Morgan fingerprint density at radius 2 is 1.20 bits per heavy atom. The van der Waals surface area contributed by atoms with Crippen LogP contribution in [0.25, 0.3) is 21.5 Å². The molecule has 0 amide bonds. The zero-order valence-electron chi connectivity index (χ0n) is 23.7. The number of hydrogen-bond donors (Lipinski definition) is 2. The maximum Gasteiger partial charge on any atom is 0.338 e. The number of nitrogens with zero attached hydrogens (tertiary/aromatic N) is 3. The van der Waals surface area contributed by atoms with Gasteiger partial charge in [-0.1, -0.05) is 60.7 Å². The van der Waals surface area contributed by atoms with Crippen LogP contribution in [0.3, 0.4) is 0 Å². The molecular weight excluding hydrogens is 570 g/mol. The van der Waals surface area contributed by atoms with Crippen LogP contribution >= 0.6 is 0 Å². The van der Waals surface area contributed by atoms with E-state index in [2.05, 4.69) is 0 Å². The summed E-state index contributed by atoms with van der Waals surface area (Å²) < 4.78 is 12.5. The second-order valence-electron chi connectivity index (χ2n) is 10.2. The first-order valence-electron chi connectivity index (χ1n) is 13.7. The Bertz CT molecular complexity index is 2040. The first kappa shape index (κ1) is 30.1. The molecule has 0 spiro atoms. The Morgan fingerprint density at radius 1 is 0.705 bits per heavy atom. The molecule has 5 rings (SSSR count). The number of aliphatic hydroxyl groups excluding tert-OH is 2. The van der Waals surface area contributed by atoms with Crippen molar-refractivity contribution in [3.05, 3.63) is 128 Å². The molecule has 2 N–H and O–H groups in total. The van der Waals surface area contributed by atoms with Crippen LogP contribution in [0.15, 0.2) is 99.3 Å². The number of carbonyl (C=O) groups is 2. The molecule has 2 unspecified atom stereocenters. The van der Waals surface area contributed by atoms with Gasteiger partial charge in [-0.05, 0) is 45.8 Å². The van der Waals surface area contributed by atoms with E-state index in [1.54, 1.807) is 36.4 Å². The summed E-state index contributed by atoms with van der Waals surface area (Å²) in [7, 11) is 1.14. The fourth-order valence-electron chi connectivity index (χ4n) is 4.77. The highest BCUT2D eigenvalue weighted by Gasteiger charge is 2.22. The topological polar surface area (TPSA) is 159 Å². The van der Waals surface area contributed by atoms with Crippen LogP contribution in [0.1, 0.15) is 20.7 Å². The van der Waals surface area contributed by atoms with Gasteiger partial charge in [-0.15, -0.1) is 0 Å². The second kappa shape index (κ2) is 12.9. The molecule has 12 heteroatoms. The van der Waals surface area contributed by atoms with E-state index in [9.17, 15) is 34.2 Å². The molecule has 4 aromatic carbocycles. The summed E-state index contributed by atoms with van der Waals surface area (Å²) in [6, 6.07) is 24.7. The van der Waals surface area contributed by atoms with Gasteiger partial charge in [0.1, 0.15) is 18.8 Å². The zero-order valence-corrected chi connectivity index (χ0v) is 23.7. The minimum atomic E-state index is -1.48. The maximum absolute atomic E-state index is 13.2. The molecule has 226 valence electrons. The van der Waals surface area contributed by atoms with Crippen molar-refractivity contribution in [2.45, 2.75) is 25.3 Å². The van der Waals surface area contributed by atoms with Crippen LogP contribution in [0.2, 0.25) is 0 Å². The number of aliphatic hydroxyl groups is 2. The molecule has 1 heterocycles. The average Bonchev–Trinajstić information content (AvgIpc) is 3.05. The van der Waals surface area contributed by atoms with E-state index in [1.165, 1.54) is 0 Å². The van der Waals surface area contributed by atoms with Gasteiger partial charge in [-0.3, -0.25) is 0 Å². The molecule has 0 saturated heterocycles. The van der Waals surface area contributed by atoms with Crippen molar-refractivity contribution in [1.29, 1.82) is 0 Å². The maximum atomic E-state index is 13.2. The number of hydrogen-bond acceptors (Lipinski definition) is 9. The Morgan fingerprint density at radius 3 is 1.75 bits per heavy atom. The lowest BCUT2D eigenvalue weighted by atomic mass is 10.1. The lowest BCUT2D eigenvalue weighted by molar-refractivity contribution is 0.00707. The normalized spacial score (nSPS) is 12.6. The summed E-state index contributed by atoms with van der Waals surface area (Å²) in [5.74, 6) is -1.49. The Hall–Kier alpha value is -5.33. The summed E-state index contributed by atoms with van der Waals surface area (Å²) >= 11 is 0. The molecule has 0 bridgehead atoms. The molecule has 5 aromatic rings. The molecule has 2 atom stereocenters. The van der Waals surface area contributed by atoms with E-state index < -0.39 is 67.5 Å². The van der Waals surface area contributed by atoms with Gasteiger partial charge in [0.25, 0.3) is 0 Å². The standard InChI is InChI=1S/C32H29N3O9/c1-33-30(40)34(16-26(37)19-43-28(38)24-12-10-20-6-2-4-8-22(20)14-24)32(42)35(31(33)41)17-27(18-36)44-29(39)25-13-11-21-7-3-5-9-23(21)15-25/h2-15,26-27,36-37H,16-19H2,1H3. The molecule has 12 nitrogen and oxygen atoms in total. The molecule has 0 saturated carbocycles. The molecule has 0 aliphatic carbocycles. The third-order valence-electron chi connectivity index (χ3n) is 7.13. The van der Waals surface area contributed by atoms with Gasteiger partial charge in [0.15, 0.2) is 0 Å². The van der Waals surface area contributed by atoms with Crippen LogP contribution in [-0.2, 0) is 29.6 Å². The van der Waals surface area contributed by atoms with Crippen LogP contribution < -0.4 is 17.1 Å². The number of aromatic nitrogens is 3. The monoisotopic (exact) mass is 599 g/mol. The fourth-order valence-corrected chi connectivity index (χ4v) is 4.77. The Balaban J connectivity index is 1.29. The highest BCUT2D eigenvalue weighted by molar-refractivity contribution is 5.96. The van der Waals surface area contributed by atoms with Crippen molar-refractivity contribution >= 4 is 33.5 Å². The first-order chi connectivity index (χ1) is 21.2. The van der Waals surface area contributed by atoms with Crippen molar-refractivity contribution in [1.82, 2.24) is 13.7 Å². The van der Waals surface area contributed by atoms with Crippen molar-refractivity contribution in [2.24, 2.45) is 7.05 Å². The zero-order chi connectivity index (χ0) is 31.4. The van der Waals surface area contributed by atoms with Crippen molar-refractivity contribution < 1.29 is 29.3 Å². The minimum absolute atomic E-state index is 0.203. The van der Waals surface area contributed by atoms with E-state index in [-0.39, 0.29) is 11.1 Å². The summed E-state index contributed by atoms with van der Waals surface area (Å²) in [4.78, 5) is 64.2. The van der Waals surface area contributed by atoms with Gasteiger partial charge >= 0.3 is 29.0 Å². The van der Waals surface area contributed by atoms with Gasteiger partial charge in [0.2, 0.25) is 0 Å². The van der Waals surface area contributed by atoms with Crippen LogP contribution in [0.5, 0.6) is 0 Å². The Labute approximate surface area is 249 Å². The number of benzene rings is 4. The van der Waals surface area contributed by atoms with Gasteiger partial charge in [-0.2, -0.15) is 0 Å². The quantitative estimate of drug-likeness (QED) is 0.227. The predicted molar refractivity (Wildman–Crippen MR) is 161 cm³/mol. The lowest BCUT2D eigenvalue weighted by Gasteiger charge is -2.19. The third kappa shape index (κ3) is 6.36. The van der Waals surface area contributed by atoms with Crippen LogP contribution in [0.4, 0.5) is 0 Å². The minimum Gasteiger partial charge on any atom is -0.459 e. The SMILES string of the molecule is Cn1c(=O)n(CC(O)COC(=O)c2ccc3ccccc3c2)c(=O)n(CC(CO)OC(=O)c2ccc3ccccc3c2)c1=O. The van der Waals surface area contributed by atoms with Crippen LogP contribution in [-0.4, -0.2) is 61.3 Å². The fraction of sp³-hybridized carbons (Fsp3) is 0.219. The van der Waals surface area contributed by atoms with E-state index in [0.717, 1.165) is 28.6 Å². The highest BCUT2D eigenvalue weighted by atomic mass is 16.6. The first-order valence-corrected chi connectivity index (χ1v) is 13.7.